The topological polar surface area (TPSA) is 81.7 Å². The zero-order chi connectivity index (χ0) is 21.0. The van der Waals surface area contributed by atoms with Gasteiger partial charge in [-0.05, 0) is 56.2 Å². The van der Waals surface area contributed by atoms with Gasteiger partial charge in [0.2, 0.25) is 5.91 Å². The van der Waals surface area contributed by atoms with E-state index in [0.29, 0.717) is 6.54 Å². The number of allylic oxidation sites excluding steroid dienone is 2. The number of likely N-dealkylation sites (tertiary alicyclic amines) is 1. The second kappa shape index (κ2) is 9.44. The Morgan fingerprint density at radius 1 is 1.17 bits per heavy atom. The molecule has 1 fully saturated rings. The van der Waals surface area contributed by atoms with E-state index < -0.39 is 0 Å². The Balaban J connectivity index is 1.81. The van der Waals surface area contributed by atoms with E-state index in [0.717, 1.165) is 18.4 Å². The van der Waals surface area contributed by atoms with Crippen LogP contribution < -0.4 is 10.6 Å². The zero-order valence-corrected chi connectivity index (χ0v) is 17.6. The number of aliphatic hydroxyl groups is 1. The Labute approximate surface area is 173 Å². The van der Waals surface area contributed by atoms with E-state index in [-0.39, 0.29) is 42.6 Å². The number of rotatable bonds is 6. The molecule has 1 aromatic carbocycles. The summed E-state index contributed by atoms with van der Waals surface area (Å²) in [7, 11) is 0. The van der Waals surface area contributed by atoms with Gasteiger partial charge in [0, 0.05) is 25.4 Å². The van der Waals surface area contributed by atoms with Crippen molar-refractivity contribution in [1.82, 2.24) is 15.5 Å². The molecular weight excluding hydrogens is 366 g/mol. The molecule has 3 atom stereocenters. The van der Waals surface area contributed by atoms with Crippen molar-refractivity contribution in [3.63, 3.8) is 0 Å². The standard InChI is InChI=1S/C23H33N3O3/c1-15(2)25-23(29)26-20(13-24-16(3)28)22(21(26)14-27)19-11-9-18(10-12-19)17-7-5-4-6-8-17/h7,9-12,15,20-22,27H,4-6,8,13-14H2,1-3H3,(H,24,28)(H,25,29)/t20-,21-,22-/m1/s1. The van der Waals surface area contributed by atoms with Crippen LogP contribution in [-0.4, -0.2) is 53.2 Å². The summed E-state index contributed by atoms with van der Waals surface area (Å²) in [5.41, 5.74) is 3.75. The van der Waals surface area contributed by atoms with Crippen LogP contribution in [0.15, 0.2) is 30.3 Å². The Hall–Kier alpha value is -2.34. The first-order valence-electron chi connectivity index (χ1n) is 10.7. The molecule has 3 N–H and O–H groups in total. The first-order valence-corrected chi connectivity index (χ1v) is 10.7. The highest BCUT2D eigenvalue weighted by molar-refractivity contribution is 5.78. The van der Waals surface area contributed by atoms with Crippen LogP contribution in [-0.2, 0) is 4.79 Å². The minimum Gasteiger partial charge on any atom is -0.394 e. The van der Waals surface area contributed by atoms with E-state index in [9.17, 15) is 14.7 Å². The molecular formula is C23H33N3O3. The van der Waals surface area contributed by atoms with Crippen molar-refractivity contribution in [2.45, 2.75) is 70.5 Å². The van der Waals surface area contributed by atoms with Crippen molar-refractivity contribution in [3.8, 4) is 0 Å². The summed E-state index contributed by atoms with van der Waals surface area (Å²) in [6.45, 7) is 5.55. The maximum atomic E-state index is 12.7. The average Bonchev–Trinajstić information content (AvgIpc) is 2.68. The van der Waals surface area contributed by atoms with Crippen molar-refractivity contribution >= 4 is 17.5 Å². The number of nitrogens with zero attached hydrogens (tertiary/aromatic N) is 1. The molecule has 2 aliphatic rings. The number of aliphatic hydroxyl groups excluding tert-OH is 1. The fourth-order valence-corrected chi connectivity index (χ4v) is 4.51. The van der Waals surface area contributed by atoms with Crippen LogP contribution in [0, 0.1) is 0 Å². The van der Waals surface area contributed by atoms with Gasteiger partial charge in [-0.25, -0.2) is 4.79 Å². The second-order valence-corrected chi connectivity index (χ2v) is 8.39. The molecule has 3 amide bonds. The smallest absolute Gasteiger partial charge is 0.318 e. The summed E-state index contributed by atoms with van der Waals surface area (Å²) in [5, 5.41) is 15.8. The van der Waals surface area contributed by atoms with Crippen LogP contribution in [0.5, 0.6) is 0 Å². The van der Waals surface area contributed by atoms with Gasteiger partial charge in [-0.1, -0.05) is 30.3 Å². The number of amides is 3. The van der Waals surface area contributed by atoms with Gasteiger partial charge in [-0.15, -0.1) is 0 Å². The van der Waals surface area contributed by atoms with Gasteiger partial charge in [0.15, 0.2) is 0 Å². The van der Waals surface area contributed by atoms with E-state index >= 15 is 0 Å². The molecule has 3 rings (SSSR count). The van der Waals surface area contributed by atoms with Crippen LogP contribution in [0.3, 0.4) is 0 Å². The van der Waals surface area contributed by atoms with Gasteiger partial charge < -0.3 is 20.6 Å². The molecule has 0 spiro atoms. The minimum absolute atomic E-state index is 0.00496. The van der Waals surface area contributed by atoms with E-state index in [1.807, 2.05) is 13.8 Å². The Morgan fingerprint density at radius 3 is 2.45 bits per heavy atom. The van der Waals surface area contributed by atoms with Gasteiger partial charge in [0.25, 0.3) is 0 Å². The van der Waals surface area contributed by atoms with Gasteiger partial charge in [0.05, 0.1) is 18.7 Å². The molecule has 0 radical (unpaired) electrons. The van der Waals surface area contributed by atoms with E-state index in [1.54, 1.807) is 4.90 Å². The molecule has 6 nitrogen and oxygen atoms in total. The maximum Gasteiger partial charge on any atom is 0.318 e. The number of hydrogen-bond donors (Lipinski definition) is 3. The van der Waals surface area contributed by atoms with Crippen molar-refractivity contribution in [2.24, 2.45) is 0 Å². The maximum absolute atomic E-state index is 12.7. The predicted octanol–water partition coefficient (Wildman–Crippen LogP) is 3.03. The van der Waals surface area contributed by atoms with E-state index in [1.165, 1.54) is 30.9 Å². The van der Waals surface area contributed by atoms with Crippen molar-refractivity contribution in [2.75, 3.05) is 13.2 Å². The molecule has 1 aromatic rings. The summed E-state index contributed by atoms with van der Waals surface area (Å²) in [6, 6.07) is 7.83. The molecule has 6 heteroatoms. The van der Waals surface area contributed by atoms with Crippen molar-refractivity contribution < 1.29 is 14.7 Å². The number of benzene rings is 1. The monoisotopic (exact) mass is 399 g/mol. The van der Waals surface area contributed by atoms with Gasteiger partial charge in [-0.3, -0.25) is 4.79 Å². The highest BCUT2D eigenvalue weighted by atomic mass is 16.3. The van der Waals surface area contributed by atoms with E-state index in [2.05, 4.69) is 41.0 Å². The Morgan fingerprint density at radius 2 is 1.90 bits per heavy atom. The minimum atomic E-state index is -0.299. The summed E-state index contributed by atoms with van der Waals surface area (Å²) >= 11 is 0. The SMILES string of the molecule is CC(=O)NC[C@@H]1[C@@H](c2ccc(C3=CCCCC3)cc2)[C@@H](CO)N1C(=O)NC(C)C. The molecule has 0 unspecified atom stereocenters. The molecule has 158 valence electrons. The first kappa shape index (κ1) is 21.4. The van der Waals surface area contributed by atoms with Crippen LogP contribution in [0.2, 0.25) is 0 Å². The molecule has 1 aliphatic heterocycles. The van der Waals surface area contributed by atoms with Crippen LogP contribution in [0.25, 0.3) is 5.57 Å². The molecule has 0 aromatic heterocycles. The molecule has 0 bridgehead atoms. The lowest BCUT2D eigenvalue weighted by Gasteiger charge is -2.54. The zero-order valence-electron chi connectivity index (χ0n) is 17.6. The molecule has 29 heavy (non-hydrogen) atoms. The van der Waals surface area contributed by atoms with Crippen LogP contribution >= 0.6 is 0 Å². The number of carbonyl (C=O) groups excluding carboxylic acids is 2. The first-order chi connectivity index (χ1) is 13.9. The number of nitrogens with one attached hydrogen (secondary N) is 2. The van der Waals surface area contributed by atoms with Gasteiger partial charge in [-0.2, -0.15) is 0 Å². The summed E-state index contributed by atoms with van der Waals surface area (Å²) < 4.78 is 0. The highest BCUT2D eigenvalue weighted by Gasteiger charge is 2.51. The second-order valence-electron chi connectivity index (χ2n) is 8.39. The summed E-state index contributed by atoms with van der Waals surface area (Å²) in [5.74, 6) is -0.140. The third-order valence-electron chi connectivity index (χ3n) is 5.89. The van der Waals surface area contributed by atoms with Crippen molar-refractivity contribution in [1.29, 1.82) is 0 Å². The number of hydrogen-bond acceptors (Lipinski definition) is 3. The molecule has 1 aliphatic carbocycles. The lowest BCUT2D eigenvalue weighted by Crippen LogP contribution is -2.70. The van der Waals surface area contributed by atoms with Crippen molar-refractivity contribution in [3.05, 3.63) is 41.5 Å². The summed E-state index contributed by atoms with van der Waals surface area (Å²) in [6.07, 6.45) is 7.10. The lowest BCUT2D eigenvalue weighted by atomic mass is 9.75. The van der Waals surface area contributed by atoms with Gasteiger partial charge in [0.1, 0.15) is 0 Å². The third-order valence-corrected chi connectivity index (χ3v) is 5.89. The fourth-order valence-electron chi connectivity index (χ4n) is 4.51. The largest absolute Gasteiger partial charge is 0.394 e. The lowest BCUT2D eigenvalue weighted by molar-refractivity contribution is -0.119. The fraction of sp³-hybridized carbons (Fsp3) is 0.565. The molecule has 0 saturated carbocycles. The normalized spacial score (nSPS) is 24.0. The predicted molar refractivity (Wildman–Crippen MR) is 114 cm³/mol. The number of urea groups is 1. The average molecular weight is 400 g/mol. The highest BCUT2D eigenvalue weighted by Crippen LogP contribution is 2.41. The number of carbonyl (C=O) groups is 2. The summed E-state index contributed by atoms with van der Waals surface area (Å²) in [4.78, 5) is 25.8. The van der Waals surface area contributed by atoms with Crippen LogP contribution in [0.4, 0.5) is 4.79 Å². The van der Waals surface area contributed by atoms with E-state index in [4.69, 9.17) is 0 Å². The van der Waals surface area contributed by atoms with Crippen LogP contribution in [0.1, 0.15) is 63.5 Å². The quantitative estimate of drug-likeness (QED) is 0.688. The Bertz CT molecular complexity index is 757. The molecule has 1 heterocycles. The third kappa shape index (κ3) is 4.81. The Kier molecular flexibility index (Phi) is 6.96. The van der Waals surface area contributed by atoms with Gasteiger partial charge >= 0.3 is 6.03 Å². The molecule has 1 saturated heterocycles.